The summed E-state index contributed by atoms with van der Waals surface area (Å²) in [5.74, 6) is -1.22. The van der Waals surface area contributed by atoms with Gasteiger partial charge >= 0.3 is 5.97 Å². The lowest BCUT2D eigenvalue weighted by Gasteiger charge is -2.42. The number of hydrogen-bond acceptors (Lipinski definition) is 2. The third kappa shape index (κ3) is 2.95. The third-order valence-corrected chi connectivity index (χ3v) is 4.43. The number of aliphatic carboxylic acids is 1. The van der Waals surface area contributed by atoms with E-state index in [2.05, 4.69) is 0 Å². The van der Waals surface area contributed by atoms with E-state index in [0.29, 0.717) is 18.5 Å². The van der Waals surface area contributed by atoms with Gasteiger partial charge in [0.25, 0.3) is 5.91 Å². The van der Waals surface area contributed by atoms with Crippen LogP contribution in [0.5, 0.6) is 0 Å². The number of carbonyl (C=O) groups is 2. The number of carboxylic acids is 1. The number of rotatable bonds is 4. The second-order valence-electron chi connectivity index (χ2n) is 5.96. The SMILES string of the molecule is O=C(c1ccccc1)N1CC=CC[C@@]1(Cc1ccccc1)C(=O)O. The van der Waals surface area contributed by atoms with Crippen LogP contribution in [-0.4, -0.2) is 34.0 Å². The maximum atomic E-state index is 12.9. The normalized spacial score (nSPS) is 19.9. The molecule has 122 valence electrons. The average Bonchev–Trinajstić information content (AvgIpc) is 2.63. The summed E-state index contributed by atoms with van der Waals surface area (Å²) in [5, 5.41) is 9.99. The van der Waals surface area contributed by atoms with Crippen molar-refractivity contribution in [2.75, 3.05) is 6.54 Å². The van der Waals surface area contributed by atoms with Gasteiger partial charge in [0.05, 0.1) is 0 Å². The van der Waals surface area contributed by atoms with Crippen LogP contribution in [0.4, 0.5) is 0 Å². The van der Waals surface area contributed by atoms with E-state index in [9.17, 15) is 14.7 Å². The van der Waals surface area contributed by atoms with Crippen LogP contribution in [0.3, 0.4) is 0 Å². The molecule has 1 aliphatic rings. The van der Waals surface area contributed by atoms with Crippen molar-refractivity contribution in [2.24, 2.45) is 0 Å². The highest BCUT2D eigenvalue weighted by atomic mass is 16.4. The molecule has 4 heteroatoms. The van der Waals surface area contributed by atoms with E-state index in [0.717, 1.165) is 5.56 Å². The Kier molecular flexibility index (Phi) is 4.47. The van der Waals surface area contributed by atoms with Crippen molar-refractivity contribution in [3.8, 4) is 0 Å². The Labute approximate surface area is 141 Å². The molecule has 1 aliphatic heterocycles. The smallest absolute Gasteiger partial charge is 0.330 e. The van der Waals surface area contributed by atoms with Crippen LogP contribution in [0.1, 0.15) is 22.3 Å². The number of carbonyl (C=O) groups excluding carboxylic acids is 1. The van der Waals surface area contributed by atoms with Crippen molar-refractivity contribution in [3.63, 3.8) is 0 Å². The number of amides is 1. The molecular formula is C20H19NO3. The molecule has 0 saturated heterocycles. The molecule has 3 rings (SSSR count). The quantitative estimate of drug-likeness (QED) is 0.880. The molecule has 0 aromatic heterocycles. The molecule has 0 fully saturated rings. The van der Waals surface area contributed by atoms with Crippen LogP contribution < -0.4 is 0 Å². The van der Waals surface area contributed by atoms with E-state index in [1.54, 1.807) is 24.3 Å². The van der Waals surface area contributed by atoms with E-state index in [1.807, 2.05) is 48.6 Å². The van der Waals surface area contributed by atoms with Gasteiger partial charge in [0.2, 0.25) is 0 Å². The highest BCUT2D eigenvalue weighted by Gasteiger charge is 2.47. The molecule has 2 aromatic carbocycles. The van der Waals surface area contributed by atoms with Gasteiger partial charge in [-0.2, -0.15) is 0 Å². The summed E-state index contributed by atoms with van der Waals surface area (Å²) in [6, 6.07) is 18.3. The summed E-state index contributed by atoms with van der Waals surface area (Å²) in [7, 11) is 0. The Morgan fingerprint density at radius 3 is 2.21 bits per heavy atom. The van der Waals surface area contributed by atoms with Crippen molar-refractivity contribution >= 4 is 11.9 Å². The van der Waals surface area contributed by atoms with E-state index < -0.39 is 11.5 Å². The van der Waals surface area contributed by atoms with Gasteiger partial charge in [0.15, 0.2) is 0 Å². The topological polar surface area (TPSA) is 57.6 Å². The Morgan fingerprint density at radius 2 is 1.58 bits per heavy atom. The number of benzene rings is 2. The first-order valence-electron chi connectivity index (χ1n) is 7.93. The van der Waals surface area contributed by atoms with Crippen LogP contribution >= 0.6 is 0 Å². The molecule has 0 aliphatic carbocycles. The highest BCUT2D eigenvalue weighted by Crippen LogP contribution is 2.31. The fourth-order valence-corrected chi connectivity index (χ4v) is 3.14. The Morgan fingerprint density at radius 1 is 0.958 bits per heavy atom. The lowest BCUT2D eigenvalue weighted by molar-refractivity contribution is -0.150. The molecular weight excluding hydrogens is 302 g/mol. The predicted octanol–water partition coefficient (Wildman–Crippen LogP) is 3.15. The van der Waals surface area contributed by atoms with Crippen molar-refractivity contribution in [1.29, 1.82) is 0 Å². The van der Waals surface area contributed by atoms with Crippen LogP contribution in [0, 0.1) is 0 Å². The van der Waals surface area contributed by atoms with E-state index in [1.165, 1.54) is 4.90 Å². The van der Waals surface area contributed by atoms with Gasteiger partial charge < -0.3 is 10.0 Å². The zero-order chi connectivity index (χ0) is 17.0. The molecule has 4 nitrogen and oxygen atoms in total. The molecule has 0 radical (unpaired) electrons. The van der Waals surface area contributed by atoms with Gasteiger partial charge in [-0.3, -0.25) is 4.79 Å². The summed E-state index contributed by atoms with van der Waals surface area (Å²) in [4.78, 5) is 26.6. The monoisotopic (exact) mass is 321 g/mol. The predicted molar refractivity (Wildman–Crippen MR) is 91.7 cm³/mol. The molecule has 2 aromatic rings. The summed E-state index contributed by atoms with van der Waals surface area (Å²) in [5.41, 5.74) is 0.149. The van der Waals surface area contributed by atoms with E-state index in [4.69, 9.17) is 0 Å². The molecule has 0 saturated carbocycles. The summed E-state index contributed by atoms with van der Waals surface area (Å²) >= 11 is 0. The fourth-order valence-electron chi connectivity index (χ4n) is 3.14. The van der Waals surface area contributed by atoms with Crippen LogP contribution in [0.25, 0.3) is 0 Å². The second-order valence-corrected chi connectivity index (χ2v) is 5.96. The highest BCUT2D eigenvalue weighted by molar-refractivity contribution is 5.98. The van der Waals surface area contributed by atoms with Crippen LogP contribution in [0.2, 0.25) is 0 Å². The maximum absolute atomic E-state index is 12.9. The van der Waals surface area contributed by atoms with Gasteiger partial charge in [0.1, 0.15) is 5.54 Å². The zero-order valence-electron chi connectivity index (χ0n) is 13.3. The van der Waals surface area contributed by atoms with Gasteiger partial charge in [-0.1, -0.05) is 60.7 Å². The van der Waals surface area contributed by atoms with Crippen LogP contribution in [-0.2, 0) is 11.2 Å². The van der Waals surface area contributed by atoms with Crippen LogP contribution in [0.15, 0.2) is 72.8 Å². The van der Waals surface area contributed by atoms with Gasteiger partial charge in [-0.15, -0.1) is 0 Å². The minimum absolute atomic E-state index is 0.252. The van der Waals surface area contributed by atoms with Crippen molar-refractivity contribution in [2.45, 2.75) is 18.4 Å². The summed E-state index contributed by atoms with van der Waals surface area (Å²) in [6.45, 7) is 0.298. The minimum Gasteiger partial charge on any atom is -0.479 e. The summed E-state index contributed by atoms with van der Waals surface area (Å²) in [6.07, 6.45) is 4.29. The molecule has 0 bridgehead atoms. The molecule has 1 N–H and O–H groups in total. The first-order valence-corrected chi connectivity index (χ1v) is 7.93. The van der Waals surface area contributed by atoms with E-state index >= 15 is 0 Å². The van der Waals surface area contributed by atoms with E-state index in [-0.39, 0.29) is 12.3 Å². The third-order valence-electron chi connectivity index (χ3n) is 4.43. The van der Waals surface area contributed by atoms with Gasteiger partial charge in [-0.05, 0) is 24.1 Å². The number of nitrogens with zero attached hydrogens (tertiary/aromatic N) is 1. The Hall–Kier alpha value is -2.88. The molecule has 1 heterocycles. The first kappa shape index (κ1) is 16.0. The second kappa shape index (κ2) is 6.71. The van der Waals surface area contributed by atoms with Gasteiger partial charge in [-0.25, -0.2) is 4.79 Å². The summed E-state index contributed by atoms with van der Waals surface area (Å²) < 4.78 is 0. The lowest BCUT2D eigenvalue weighted by Crippen LogP contribution is -2.59. The standard InChI is InChI=1S/C20H19NO3/c22-18(17-11-5-2-6-12-17)21-14-8-7-13-20(21,19(23)24)15-16-9-3-1-4-10-16/h1-12H,13-15H2,(H,23,24)/t20-/m1/s1. The largest absolute Gasteiger partial charge is 0.479 e. The minimum atomic E-state index is -1.26. The molecule has 0 unspecified atom stereocenters. The maximum Gasteiger partial charge on any atom is 0.330 e. The first-order chi connectivity index (χ1) is 11.6. The molecule has 0 spiro atoms. The Bertz CT molecular complexity index is 755. The fraction of sp³-hybridized carbons (Fsp3) is 0.200. The average molecular weight is 321 g/mol. The zero-order valence-corrected chi connectivity index (χ0v) is 13.3. The number of carboxylic acid groups (broad SMARTS) is 1. The van der Waals surface area contributed by atoms with Gasteiger partial charge in [0, 0.05) is 18.5 Å². The van der Waals surface area contributed by atoms with Crippen molar-refractivity contribution in [1.82, 2.24) is 4.90 Å². The molecule has 1 amide bonds. The van der Waals surface area contributed by atoms with Crippen molar-refractivity contribution < 1.29 is 14.7 Å². The van der Waals surface area contributed by atoms with Crippen molar-refractivity contribution in [3.05, 3.63) is 83.9 Å². The molecule has 1 atom stereocenters. The Balaban J connectivity index is 2.00. The number of hydrogen-bond donors (Lipinski definition) is 1. The molecule has 24 heavy (non-hydrogen) atoms. The lowest BCUT2D eigenvalue weighted by atomic mass is 9.83.